The molecule has 10 heteroatoms. The molecule has 130 valence electrons. The SMILES string of the molecule is CCn1c(SCC(=O)Nc2ncc(Cl)cc2Cl)nnc1-c1cccs1. The molecule has 25 heavy (non-hydrogen) atoms. The van der Waals surface area contributed by atoms with Crippen molar-refractivity contribution in [2.75, 3.05) is 11.1 Å². The standard InChI is InChI=1S/C15H13Cl2N5OS2/c1-2-22-14(11-4-3-5-24-11)20-21-15(22)25-8-12(23)19-13-10(17)6-9(16)7-18-13/h3-7H,2,8H2,1H3,(H,18,19,23). The zero-order chi connectivity index (χ0) is 17.8. The largest absolute Gasteiger partial charge is 0.309 e. The Balaban J connectivity index is 1.66. The highest BCUT2D eigenvalue weighted by Gasteiger charge is 2.16. The van der Waals surface area contributed by atoms with E-state index < -0.39 is 0 Å². The first-order chi connectivity index (χ1) is 12.1. The van der Waals surface area contributed by atoms with E-state index in [4.69, 9.17) is 23.2 Å². The second-order valence-electron chi connectivity index (χ2n) is 4.85. The van der Waals surface area contributed by atoms with E-state index in [1.54, 1.807) is 11.3 Å². The molecule has 0 saturated carbocycles. The molecule has 1 amide bonds. The Bertz CT molecular complexity index is 882. The summed E-state index contributed by atoms with van der Waals surface area (Å²) in [7, 11) is 0. The first-order valence-corrected chi connectivity index (χ1v) is 9.91. The Morgan fingerprint density at radius 2 is 2.24 bits per heavy atom. The van der Waals surface area contributed by atoms with Crippen LogP contribution in [0.4, 0.5) is 5.82 Å². The second-order valence-corrected chi connectivity index (χ2v) is 7.58. The van der Waals surface area contributed by atoms with Crippen molar-refractivity contribution in [3.63, 3.8) is 0 Å². The van der Waals surface area contributed by atoms with E-state index in [-0.39, 0.29) is 17.5 Å². The molecule has 0 spiro atoms. The first-order valence-electron chi connectivity index (χ1n) is 7.29. The molecular weight excluding hydrogens is 401 g/mol. The van der Waals surface area contributed by atoms with Gasteiger partial charge in [-0.3, -0.25) is 4.79 Å². The van der Waals surface area contributed by atoms with Gasteiger partial charge in [0.2, 0.25) is 5.91 Å². The number of anilines is 1. The fraction of sp³-hybridized carbons (Fsp3) is 0.200. The quantitative estimate of drug-likeness (QED) is 0.603. The van der Waals surface area contributed by atoms with Crippen LogP contribution in [0.1, 0.15) is 6.92 Å². The Labute approximate surface area is 162 Å². The number of amides is 1. The molecule has 0 atom stereocenters. The predicted molar refractivity (Wildman–Crippen MR) is 103 cm³/mol. The number of nitrogens with one attached hydrogen (secondary N) is 1. The fourth-order valence-electron chi connectivity index (χ4n) is 2.07. The maximum absolute atomic E-state index is 12.1. The molecule has 3 rings (SSSR count). The van der Waals surface area contributed by atoms with Crippen molar-refractivity contribution >= 4 is 58.0 Å². The molecule has 6 nitrogen and oxygen atoms in total. The van der Waals surface area contributed by atoms with Gasteiger partial charge >= 0.3 is 0 Å². The van der Waals surface area contributed by atoms with Crippen LogP contribution in [-0.2, 0) is 11.3 Å². The number of aromatic nitrogens is 4. The number of rotatable bonds is 6. The van der Waals surface area contributed by atoms with Crippen LogP contribution in [0, 0.1) is 0 Å². The van der Waals surface area contributed by atoms with Crippen molar-refractivity contribution in [1.82, 2.24) is 19.7 Å². The summed E-state index contributed by atoms with van der Waals surface area (Å²) in [6, 6.07) is 5.49. The van der Waals surface area contributed by atoms with Gasteiger partial charge in [0.15, 0.2) is 16.8 Å². The van der Waals surface area contributed by atoms with Gasteiger partial charge in [-0.05, 0) is 24.4 Å². The monoisotopic (exact) mass is 413 g/mol. The molecule has 1 N–H and O–H groups in total. The summed E-state index contributed by atoms with van der Waals surface area (Å²) >= 11 is 14.7. The number of thioether (sulfide) groups is 1. The topological polar surface area (TPSA) is 72.7 Å². The number of hydrogen-bond acceptors (Lipinski definition) is 6. The molecule has 0 saturated heterocycles. The number of pyridine rings is 1. The van der Waals surface area contributed by atoms with E-state index in [1.807, 2.05) is 29.0 Å². The van der Waals surface area contributed by atoms with Crippen LogP contribution in [0.15, 0.2) is 34.9 Å². The molecular formula is C15H13Cl2N5OS2. The molecule has 0 bridgehead atoms. The Morgan fingerprint density at radius 3 is 2.92 bits per heavy atom. The summed E-state index contributed by atoms with van der Waals surface area (Å²) in [5.74, 6) is 1.03. The lowest BCUT2D eigenvalue weighted by Crippen LogP contribution is -2.16. The maximum atomic E-state index is 12.1. The lowest BCUT2D eigenvalue weighted by atomic mass is 10.4. The summed E-state index contributed by atoms with van der Waals surface area (Å²) in [4.78, 5) is 17.2. The van der Waals surface area contributed by atoms with Gasteiger partial charge < -0.3 is 9.88 Å². The average molecular weight is 414 g/mol. The molecule has 0 aliphatic carbocycles. The number of carbonyl (C=O) groups is 1. The molecule has 0 unspecified atom stereocenters. The molecule has 0 aromatic carbocycles. The average Bonchev–Trinajstić information content (AvgIpc) is 3.24. The normalized spacial score (nSPS) is 10.8. The highest BCUT2D eigenvalue weighted by molar-refractivity contribution is 7.99. The molecule has 3 aromatic rings. The van der Waals surface area contributed by atoms with Crippen LogP contribution in [0.2, 0.25) is 10.0 Å². The van der Waals surface area contributed by atoms with Gasteiger partial charge in [-0.1, -0.05) is 41.0 Å². The number of thiophene rings is 1. The minimum Gasteiger partial charge on any atom is -0.309 e. The molecule has 3 aromatic heterocycles. The van der Waals surface area contributed by atoms with Crippen molar-refractivity contribution < 1.29 is 4.79 Å². The lowest BCUT2D eigenvalue weighted by Gasteiger charge is -2.07. The fourth-order valence-corrected chi connectivity index (χ4v) is 4.02. The second kappa shape index (κ2) is 8.18. The summed E-state index contributed by atoms with van der Waals surface area (Å²) < 4.78 is 1.98. The van der Waals surface area contributed by atoms with E-state index >= 15 is 0 Å². The summed E-state index contributed by atoms with van der Waals surface area (Å²) in [5, 5.41) is 14.5. The third-order valence-corrected chi connectivity index (χ3v) is 5.50. The summed E-state index contributed by atoms with van der Waals surface area (Å²) in [5.41, 5.74) is 0. The van der Waals surface area contributed by atoms with Gasteiger partial charge in [0.1, 0.15) is 0 Å². The highest BCUT2D eigenvalue weighted by Crippen LogP contribution is 2.27. The van der Waals surface area contributed by atoms with Gasteiger partial charge in [-0.15, -0.1) is 21.5 Å². The molecule has 3 heterocycles. The van der Waals surface area contributed by atoms with Gasteiger partial charge in [0.05, 0.1) is 20.7 Å². The minimum absolute atomic E-state index is 0.170. The Morgan fingerprint density at radius 1 is 1.40 bits per heavy atom. The van der Waals surface area contributed by atoms with Crippen LogP contribution >= 0.6 is 46.3 Å². The van der Waals surface area contributed by atoms with Crippen LogP contribution in [0.5, 0.6) is 0 Å². The van der Waals surface area contributed by atoms with E-state index in [1.165, 1.54) is 24.0 Å². The van der Waals surface area contributed by atoms with E-state index in [0.717, 1.165) is 17.2 Å². The molecule has 0 radical (unpaired) electrons. The highest BCUT2D eigenvalue weighted by atomic mass is 35.5. The Hall–Kier alpha value is -1.61. The van der Waals surface area contributed by atoms with E-state index in [9.17, 15) is 4.79 Å². The molecule has 0 fully saturated rings. The van der Waals surface area contributed by atoms with Crippen LogP contribution in [0.3, 0.4) is 0 Å². The lowest BCUT2D eigenvalue weighted by molar-refractivity contribution is -0.113. The van der Waals surface area contributed by atoms with Crippen molar-refractivity contribution in [3.05, 3.63) is 39.8 Å². The predicted octanol–water partition coefficient (Wildman–Crippen LogP) is 4.46. The summed E-state index contributed by atoms with van der Waals surface area (Å²) in [6.07, 6.45) is 1.43. The van der Waals surface area contributed by atoms with Crippen molar-refractivity contribution in [3.8, 4) is 10.7 Å². The van der Waals surface area contributed by atoms with Crippen molar-refractivity contribution in [1.29, 1.82) is 0 Å². The van der Waals surface area contributed by atoms with E-state index in [2.05, 4.69) is 20.5 Å². The Kier molecular flexibility index (Phi) is 5.95. The third-order valence-electron chi connectivity index (χ3n) is 3.17. The number of carbonyl (C=O) groups excluding carboxylic acids is 1. The smallest absolute Gasteiger partial charge is 0.236 e. The van der Waals surface area contributed by atoms with Crippen molar-refractivity contribution in [2.45, 2.75) is 18.6 Å². The zero-order valence-electron chi connectivity index (χ0n) is 13.1. The van der Waals surface area contributed by atoms with Gasteiger partial charge in [-0.2, -0.15) is 0 Å². The van der Waals surface area contributed by atoms with Crippen LogP contribution < -0.4 is 5.32 Å². The molecule has 0 aliphatic heterocycles. The van der Waals surface area contributed by atoms with Crippen LogP contribution in [0.25, 0.3) is 10.7 Å². The number of halogens is 2. The molecule has 0 aliphatic rings. The third kappa shape index (κ3) is 4.33. The number of hydrogen-bond donors (Lipinski definition) is 1. The minimum atomic E-state index is -0.231. The zero-order valence-corrected chi connectivity index (χ0v) is 16.2. The van der Waals surface area contributed by atoms with Crippen molar-refractivity contribution in [2.24, 2.45) is 0 Å². The van der Waals surface area contributed by atoms with Gasteiger partial charge in [-0.25, -0.2) is 4.98 Å². The number of nitrogens with zero attached hydrogens (tertiary/aromatic N) is 4. The summed E-state index contributed by atoms with van der Waals surface area (Å²) in [6.45, 7) is 2.73. The van der Waals surface area contributed by atoms with Gasteiger partial charge in [0, 0.05) is 12.7 Å². The van der Waals surface area contributed by atoms with Gasteiger partial charge in [0.25, 0.3) is 0 Å². The van der Waals surface area contributed by atoms with Crippen LogP contribution in [-0.4, -0.2) is 31.4 Å². The first kappa shape index (κ1) is 18.2. The maximum Gasteiger partial charge on any atom is 0.236 e. The van der Waals surface area contributed by atoms with E-state index in [0.29, 0.717) is 15.2 Å².